The van der Waals surface area contributed by atoms with Crippen LogP contribution in [0.15, 0.2) is 54.6 Å². The number of hydrogen-bond donors (Lipinski definition) is 1. The molecule has 0 amide bonds. The molecular weight excluding hydrogens is 320 g/mol. The Labute approximate surface area is 154 Å². The van der Waals surface area contributed by atoms with Crippen LogP contribution in [0.1, 0.15) is 35.3 Å². The molecule has 1 aliphatic heterocycles. The molecule has 0 fully saturated rings. The number of nitrogens with one attached hydrogen (secondary N) is 1. The molecule has 2 heterocycles. The van der Waals surface area contributed by atoms with Crippen LogP contribution >= 0.6 is 0 Å². The summed E-state index contributed by atoms with van der Waals surface area (Å²) in [6.45, 7) is 7.41. The molecule has 0 bridgehead atoms. The molecule has 26 heavy (non-hydrogen) atoms. The Morgan fingerprint density at radius 1 is 0.962 bits per heavy atom. The number of para-hydroxylation sites is 1. The molecule has 0 saturated carbocycles. The lowest BCUT2D eigenvalue weighted by Crippen LogP contribution is -2.35. The first-order chi connectivity index (χ1) is 12.6. The van der Waals surface area contributed by atoms with E-state index in [4.69, 9.17) is 4.98 Å². The van der Waals surface area contributed by atoms with Gasteiger partial charge in [0.05, 0.1) is 6.04 Å². The van der Waals surface area contributed by atoms with E-state index in [0.717, 1.165) is 35.7 Å². The van der Waals surface area contributed by atoms with Crippen molar-refractivity contribution < 1.29 is 0 Å². The van der Waals surface area contributed by atoms with Gasteiger partial charge >= 0.3 is 0 Å². The molecule has 4 rings (SSSR count). The maximum absolute atomic E-state index is 4.88. The van der Waals surface area contributed by atoms with Crippen molar-refractivity contribution in [2.45, 2.75) is 33.2 Å². The van der Waals surface area contributed by atoms with E-state index < -0.39 is 0 Å². The highest BCUT2D eigenvalue weighted by Gasteiger charge is 2.26. The van der Waals surface area contributed by atoms with Gasteiger partial charge < -0.3 is 10.2 Å². The van der Waals surface area contributed by atoms with Crippen molar-refractivity contribution in [2.24, 2.45) is 0 Å². The summed E-state index contributed by atoms with van der Waals surface area (Å²) < 4.78 is 0. The molecule has 132 valence electrons. The molecule has 0 aliphatic carbocycles. The zero-order chi connectivity index (χ0) is 18.1. The van der Waals surface area contributed by atoms with Crippen LogP contribution in [0, 0.1) is 13.8 Å². The highest BCUT2D eigenvalue weighted by Crippen LogP contribution is 2.35. The molecule has 1 aromatic heterocycles. The summed E-state index contributed by atoms with van der Waals surface area (Å²) in [6, 6.07) is 19.1. The minimum atomic E-state index is 0.303. The smallest absolute Gasteiger partial charge is 0.229 e. The lowest BCUT2D eigenvalue weighted by Gasteiger charge is -2.37. The molecule has 1 atom stereocenters. The molecule has 1 aliphatic rings. The van der Waals surface area contributed by atoms with Gasteiger partial charge in [0.15, 0.2) is 0 Å². The SMILES string of the molecule is Cc1nc(Nc2ccccc2)nc(N2CCc3ccccc3[C@@H]2C)c1C. The van der Waals surface area contributed by atoms with Crippen LogP contribution in [-0.4, -0.2) is 16.5 Å². The Bertz CT molecular complexity index is 921. The number of fused-ring (bicyclic) bond motifs is 1. The summed E-state index contributed by atoms with van der Waals surface area (Å²) in [7, 11) is 0. The second-order valence-electron chi connectivity index (χ2n) is 6.89. The number of aromatic nitrogens is 2. The zero-order valence-corrected chi connectivity index (χ0v) is 15.5. The van der Waals surface area contributed by atoms with Gasteiger partial charge in [0.1, 0.15) is 5.82 Å². The summed E-state index contributed by atoms with van der Waals surface area (Å²) in [6.07, 6.45) is 1.05. The van der Waals surface area contributed by atoms with Gasteiger partial charge in [0.2, 0.25) is 5.95 Å². The molecule has 4 heteroatoms. The molecule has 0 radical (unpaired) electrons. The van der Waals surface area contributed by atoms with Crippen molar-refractivity contribution in [3.8, 4) is 0 Å². The number of hydrogen-bond acceptors (Lipinski definition) is 4. The lowest BCUT2D eigenvalue weighted by molar-refractivity contribution is 0.614. The third kappa shape index (κ3) is 3.03. The standard InChI is InChI=1S/C22H24N4/c1-15-16(2)23-22(24-19-10-5-4-6-11-19)25-21(15)26-14-13-18-9-7-8-12-20(18)17(26)3/h4-12,17H,13-14H2,1-3H3,(H,23,24,25)/t17-/m0/s1. The van der Waals surface area contributed by atoms with Crippen molar-refractivity contribution in [3.63, 3.8) is 0 Å². The van der Waals surface area contributed by atoms with Gasteiger partial charge in [-0.15, -0.1) is 0 Å². The quantitative estimate of drug-likeness (QED) is 0.729. The summed E-state index contributed by atoms with van der Waals surface area (Å²) in [4.78, 5) is 11.9. The van der Waals surface area contributed by atoms with Crippen LogP contribution in [0.25, 0.3) is 0 Å². The highest BCUT2D eigenvalue weighted by atomic mass is 15.3. The van der Waals surface area contributed by atoms with Gasteiger partial charge in [-0.1, -0.05) is 42.5 Å². The maximum Gasteiger partial charge on any atom is 0.229 e. The van der Waals surface area contributed by atoms with E-state index in [1.807, 2.05) is 30.3 Å². The number of nitrogens with zero attached hydrogens (tertiary/aromatic N) is 3. The van der Waals surface area contributed by atoms with E-state index >= 15 is 0 Å². The maximum atomic E-state index is 4.88. The normalized spacial score (nSPS) is 16.3. The van der Waals surface area contributed by atoms with Crippen molar-refractivity contribution in [1.82, 2.24) is 9.97 Å². The fraction of sp³-hybridized carbons (Fsp3) is 0.273. The van der Waals surface area contributed by atoms with Crippen LogP contribution in [0.3, 0.4) is 0 Å². The minimum Gasteiger partial charge on any atom is -0.349 e. The topological polar surface area (TPSA) is 41.1 Å². The largest absolute Gasteiger partial charge is 0.349 e. The summed E-state index contributed by atoms with van der Waals surface area (Å²) in [5, 5.41) is 3.34. The third-order valence-electron chi connectivity index (χ3n) is 5.26. The van der Waals surface area contributed by atoms with Gasteiger partial charge in [-0.2, -0.15) is 4.98 Å². The minimum absolute atomic E-state index is 0.303. The number of benzene rings is 2. The van der Waals surface area contributed by atoms with Gasteiger partial charge in [-0.3, -0.25) is 0 Å². The van der Waals surface area contributed by atoms with Crippen LogP contribution < -0.4 is 10.2 Å². The van der Waals surface area contributed by atoms with E-state index in [2.05, 4.69) is 60.2 Å². The molecule has 2 aromatic carbocycles. The Morgan fingerprint density at radius 2 is 1.69 bits per heavy atom. The molecule has 3 aromatic rings. The summed E-state index contributed by atoms with van der Waals surface area (Å²) in [5.74, 6) is 1.68. The first-order valence-corrected chi connectivity index (χ1v) is 9.15. The predicted molar refractivity (Wildman–Crippen MR) is 107 cm³/mol. The fourth-order valence-corrected chi connectivity index (χ4v) is 3.66. The van der Waals surface area contributed by atoms with Gasteiger partial charge in [-0.05, 0) is 50.5 Å². The van der Waals surface area contributed by atoms with Crippen LogP contribution in [-0.2, 0) is 6.42 Å². The number of aryl methyl sites for hydroxylation is 1. The van der Waals surface area contributed by atoms with Crippen molar-refractivity contribution in [1.29, 1.82) is 0 Å². The van der Waals surface area contributed by atoms with Gasteiger partial charge in [0, 0.05) is 23.5 Å². The molecule has 0 saturated heterocycles. The predicted octanol–water partition coefficient (Wildman–Crippen LogP) is 4.96. The first-order valence-electron chi connectivity index (χ1n) is 9.15. The third-order valence-corrected chi connectivity index (χ3v) is 5.26. The lowest BCUT2D eigenvalue weighted by atomic mass is 9.93. The van der Waals surface area contributed by atoms with E-state index in [0.29, 0.717) is 12.0 Å². The molecular formula is C22H24N4. The van der Waals surface area contributed by atoms with E-state index in [-0.39, 0.29) is 0 Å². The zero-order valence-electron chi connectivity index (χ0n) is 15.5. The van der Waals surface area contributed by atoms with Crippen molar-refractivity contribution in [3.05, 3.63) is 77.0 Å². The van der Waals surface area contributed by atoms with E-state index in [1.54, 1.807) is 0 Å². The Kier molecular flexibility index (Phi) is 4.33. The monoisotopic (exact) mass is 344 g/mol. The van der Waals surface area contributed by atoms with Gasteiger partial charge in [0.25, 0.3) is 0 Å². The van der Waals surface area contributed by atoms with Crippen LogP contribution in [0.4, 0.5) is 17.5 Å². The molecule has 4 nitrogen and oxygen atoms in total. The van der Waals surface area contributed by atoms with E-state index in [1.165, 1.54) is 11.1 Å². The summed E-state index contributed by atoms with van der Waals surface area (Å²) in [5.41, 5.74) is 6.00. The second kappa shape index (κ2) is 6.79. The Morgan fingerprint density at radius 3 is 2.50 bits per heavy atom. The molecule has 0 unspecified atom stereocenters. The summed E-state index contributed by atoms with van der Waals surface area (Å²) >= 11 is 0. The molecule has 1 N–H and O–H groups in total. The Balaban J connectivity index is 1.70. The van der Waals surface area contributed by atoms with Crippen LogP contribution in [0.2, 0.25) is 0 Å². The van der Waals surface area contributed by atoms with Gasteiger partial charge in [-0.25, -0.2) is 4.98 Å². The first kappa shape index (κ1) is 16.6. The fourth-order valence-electron chi connectivity index (χ4n) is 3.66. The Hall–Kier alpha value is -2.88. The average molecular weight is 344 g/mol. The van der Waals surface area contributed by atoms with Crippen LogP contribution in [0.5, 0.6) is 0 Å². The molecule has 0 spiro atoms. The van der Waals surface area contributed by atoms with Crippen molar-refractivity contribution in [2.75, 3.05) is 16.8 Å². The second-order valence-corrected chi connectivity index (χ2v) is 6.89. The highest BCUT2D eigenvalue weighted by molar-refractivity contribution is 5.59. The number of anilines is 3. The number of rotatable bonds is 3. The van der Waals surface area contributed by atoms with Crippen molar-refractivity contribution >= 4 is 17.5 Å². The average Bonchev–Trinajstić information content (AvgIpc) is 2.66. The van der Waals surface area contributed by atoms with E-state index in [9.17, 15) is 0 Å².